The van der Waals surface area contributed by atoms with Gasteiger partial charge in [-0.3, -0.25) is 4.79 Å². The summed E-state index contributed by atoms with van der Waals surface area (Å²) in [4.78, 5) is 40.5. The summed E-state index contributed by atoms with van der Waals surface area (Å²) in [5.74, 6) is -1.53. The van der Waals surface area contributed by atoms with Gasteiger partial charge in [-0.25, -0.2) is 14.6 Å². The molecule has 0 saturated heterocycles. The summed E-state index contributed by atoms with van der Waals surface area (Å²) in [6.45, 7) is 0.322. The lowest BCUT2D eigenvalue weighted by Crippen LogP contribution is -2.42. The largest absolute Gasteiger partial charge is 0.480 e. The number of rotatable bonds is 8. The smallest absolute Gasteiger partial charge is 0.407 e. The monoisotopic (exact) mass is 477 g/mol. The Morgan fingerprint density at radius 1 is 1.06 bits per heavy atom. The molecule has 1 fully saturated rings. The topological polar surface area (TPSA) is 118 Å². The molecule has 2 aliphatic rings. The number of ether oxygens (including phenoxy) is 1. The average molecular weight is 478 g/mol. The minimum Gasteiger partial charge on any atom is -0.480 e. The maximum atomic E-state index is 12.4. The lowest BCUT2D eigenvalue weighted by atomic mass is 9.98. The Balaban J connectivity index is 1.15. The van der Waals surface area contributed by atoms with Gasteiger partial charge < -0.3 is 20.5 Å². The summed E-state index contributed by atoms with van der Waals surface area (Å²) < 4.78 is 5.51. The number of nitrogens with one attached hydrogen (secondary N) is 2. The van der Waals surface area contributed by atoms with E-state index in [1.54, 1.807) is 0 Å². The standard InChI is InChI=1S/C25H23N3O5S/c29-23(28-22(24(30)31)14-9-10-14)20-11-26-21(34-20)12-27-25(32)33-13-19-17-7-3-1-5-15(17)16-6-2-4-8-18(16)19/h1-8,11,14,19,22H,9-10,12-13H2,(H,27,32)(H,28,29)(H,30,31). The first-order valence-corrected chi connectivity index (χ1v) is 11.9. The summed E-state index contributed by atoms with van der Waals surface area (Å²) in [7, 11) is 0. The Morgan fingerprint density at radius 2 is 1.71 bits per heavy atom. The third-order valence-corrected chi connectivity index (χ3v) is 7.15. The molecule has 34 heavy (non-hydrogen) atoms. The molecule has 2 amide bonds. The number of carbonyl (C=O) groups excluding carboxylic acids is 2. The molecule has 1 unspecified atom stereocenters. The van der Waals surface area contributed by atoms with E-state index >= 15 is 0 Å². The molecule has 1 saturated carbocycles. The van der Waals surface area contributed by atoms with Crippen molar-refractivity contribution in [1.29, 1.82) is 0 Å². The van der Waals surface area contributed by atoms with Crippen LogP contribution in [0.2, 0.25) is 0 Å². The Morgan fingerprint density at radius 3 is 2.32 bits per heavy atom. The fourth-order valence-corrected chi connectivity index (χ4v) is 5.08. The highest BCUT2D eigenvalue weighted by atomic mass is 32.1. The molecule has 1 atom stereocenters. The second-order valence-electron chi connectivity index (χ2n) is 8.42. The highest BCUT2D eigenvalue weighted by Crippen LogP contribution is 2.44. The Kier molecular flexibility index (Phi) is 6.02. The summed E-state index contributed by atoms with van der Waals surface area (Å²) in [6.07, 6.45) is 2.42. The van der Waals surface area contributed by atoms with Crippen LogP contribution in [0.4, 0.5) is 4.79 Å². The lowest BCUT2D eigenvalue weighted by molar-refractivity contribution is -0.139. The number of aromatic nitrogens is 1. The van der Waals surface area contributed by atoms with Crippen molar-refractivity contribution in [3.05, 3.63) is 75.7 Å². The van der Waals surface area contributed by atoms with E-state index in [2.05, 4.69) is 39.9 Å². The second-order valence-corrected chi connectivity index (χ2v) is 9.54. The van der Waals surface area contributed by atoms with Gasteiger partial charge in [-0.1, -0.05) is 48.5 Å². The molecule has 0 aliphatic heterocycles. The molecule has 3 aromatic rings. The molecule has 2 aliphatic carbocycles. The van der Waals surface area contributed by atoms with Gasteiger partial charge >= 0.3 is 12.1 Å². The van der Waals surface area contributed by atoms with E-state index in [0.29, 0.717) is 9.88 Å². The van der Waals surface area contributed by atoms with Crippen LogP contribution in [0.15, 0.2) is 54.7 Å². The van der Waals surface area contributed by atoms with E-state index in [-0.39, 0.29) is 25.0 Å². The first-order valence-electron chi connectivity index (χ1n) is 11.1. The normalized spacial score (nSPS) is 15.2. The van der Waals surface area contributed by atoms with Gasteiger partial charge in [-0.2, -0.15) is 0 Å². The quantitative estimate of drug-likeness (QED) is 0.455. The van der Waals surface area contributed by atoms with E-state index < -0.39 is 24.0 Å². The van der Waals surface area contributed by atoms with E-state index in [1.807, 2.05) is 24.3 Å². The maximum Gasteiger partial charge on any atom is 0.407 e. The van der Waals surface area contributed by atoms with Crippen LogP contribution in [0.1, 0.15) is 44.6 Å². The molecule has 1 heterocycles. The van der Waals surface area contributed by atoms with E-state index in [9.17, 15) is 19.5 Å². The summed E-state index contributed by atoms with van der Waals surface area (Å²) >= 11 is 1.11. The van der Waals surface area contributed by atoms with Crippen molar-refractivity contribution in [2.75, 3.05) is 6.61 Å². The summed E-state index contributed by atoms with van der Waals surface area (Å²) in [5.41, 5.74) is 4.59. The van der Waals surface area contributed by atoms with Crippen molar-refractivity contribution in [2.24, 2.45) is 5.92 Å². The zero-order valence-electron chi connectivity index (χ0n) is 18.2. The number of nitrogens with zero attached hydrogens (tertiary/aromatic N) is 1. The Labute approximate surface area is 200 Å². The number of hydrogen-bond acceptors (Lipinski definition) is 6. The van der Waals surface area contributed by atoms with Crippen molar-refractivity contribution in [3.8, 4) is 11.1 Å². The summed E-state index contributed by atoms with van der Waals surface area (Å²) in [5, 5.41) is 15.0. The van der Waals surface area contributed by atoms with E-state index in [1.165, 1.54) is 6.20 Å². The predicted molar refractivity (Wildman–Crippen MR) is 126 cm³/mol. The molecule has 0 radical (unpaired) electrons. The van der Waals surface area contributed by atoms with Crippen LogP contribution in [-0.2, 0) is 16.1 Å². The van der Waals surface area contributed by atoms with Crippen molar-refractivity contribution >= 4 is 29.3 Å². The highest BCUT2D eigenvalue weighted by Gasteiger charge is 2.37. The number of thiazole rings is 1. The number of benzene rings is 2. The van der Waals surface area contributed by atoms with E-state index in [4.69, 9.17) is 4.74 Å². The van der Waals surface area contributed by atoms with Gasteiger partial charge in [-0.05, 0) is 41.0 Å². The lowest BCUT2D eigenvalue weighted by Gasteiger charge is -2.14. The number of amides is 2. The zero-order chi connectivity index (χ0) is 23.7. The molecule has 2 aromatic carbocycles. The van der Waals surface area contributed by atoms with Gasteiger partial charge in [0.2, 0.25) is 0 Å². The van der Waals surface area contributed by atoms with Crippen molar-refractivity contribution < 1.29 is 24.2 Å². The Bertz CT molecular complexity index is 1210. The number of alkyl carbamates (subject to hydrolysis) is 1. The fourth-order valence-electron chi connectivity index (χ4n) is 4.32. The first-order chi connectivity index (χ1) is 16.5. The van der Waals surface area contributed by atoms with Gasteiger partial charge in [0.15, 0.2) is 0 Å². The number of fused-ring (bicyclic) bond motifs is 3. The van der Waals surface area contributed by atoms with Crippen LogP contribution in [0.25, 0.3) is 11.1 Å². The van der Waals surface area contributed by atoms with Crippen molar-refractivity contribution in [2.45, 2.75) is 31.3 Å². The number of carbonyl (C=O) groups is 3. The number of hydrogen-bond donors (Lipinski definition) is 3. The van der Waals surface area contributed by atoms with Crippen LogP contribution < -0.4 is 10.6 Å². The van der Waals surface area contributed by atoms with Crippen molar-refractivity contribution in [1.82, 2.24) is 15.6 Å². The highest BCUT2D eigenvalue weighted by molar-refractivity contribution is 7.13. The van der Waals surface area contributed by atoms with Crippen molar-refractivity contribution in [3.63, 3.8) is 0 Å². The molecule has 8 nitrogen and oxygen atoms in total. The van der Waals surface area contributed by atoms with Crippen LogP contribution in [0, 0.1) is 5.92 Å². The summed E-state index contributed by atoms with van der Waals surface area (Å²) in [6, 6.07) is 15.4. The van der Waals surface area contributed by atoms with Gasteiger partial charge in [-0.15, -0.1) is 11.3 Å². The molecule has 174 valence electrons. The molecule has 1 aromatic heterocycles. The molecule has 3 N–H and O–H groups in total. The average Bonchev–Trinajstić information content (AvgIpc) is 3.48. The molecule has 9 heteroatoms. The van der Waals surface area contributed by atoms with E-state index in [0.717, 1.165) is 46.4 Å². The molecule has 0 bridgehead atoms. The first kappa shape index (κ1) is 22.1. The van der Waals surface area contributed by atoms with Gasteiger partial charge in [0.1, 0.15) is 22.5 Å². The number of carboxylic acid groups (broad SMARTS) is 1. The third-order valence-electron chi connectivity index (χ3n) is 6.15. The molecular formula is C25H23N3O5S. The molecule has 5 rings (SSSR count). The van der Waals surface area contributed by atoms with Gasteiger partial charge in [0, 0.05) is 5.92 Å². The number of aliphatic carboxylic acids is 1. The SMILES string of the molecule is O=C(NCc1ncc(C(=O)NC(C(=O)O)C2CC2)s1)OCC1c2ccccc2-c2ccccc21. The van der Waals surface area contributed by atoms with Crippen LogP contribution >= 0.6 is 11.3 Å². The zero-order valence-corrected chi connectivity index (χ0v) is 19.0. The second kappa shape index (κ2) is 9.26. The Hall–Kier alpha value is -3.72. The molecule has 0 spiro atoms. The minimum absolute atomic E-state index is 0.0101. The van der Waals surface area contributed by atoms with Crippen LogP contribution in [0.3, 0.4) is 0 Å². The maximum absolute atomic E-state index is 12.4. The van der Waals surface area contributed by atoms with Gasteiger partial charge in [0.05, 0.1) is 12.7 Å². The predicted octanol–water partition coefficient (Wildman–Crippen LogP) is 3.77. The number of carboxylic acids is 1. The third kappa shape index (κ3) is 4.51. The minimum atomic E-state index is -1.03. The van der Waals surface area contributed by atoms with Crippen LogP contribution in [0.5, 0.6) is 0 Å². The molecular weight excluding hydrogens is 454 g/mol. The van der Waals surface area contributed by atoms with Gasteiger partial charge in [0.25, 0.3) is 5.91 Å². The fraction of sp³-hybridized carbons (Fsp3) is 0.280. The van der Waals surface area contributed by atoms with Crippen LogP contribution in [-0.4, -0.2) is 40.7 Å².